The number of amides is 1. The minimum atomic E-state index is 0.0705. The van der Waals surface area contributed by atoms with Crippen LogP contribution in [0.1, 0.15) is 37.7 Å². The first kappa shape index (κ1) is 16.8. The highest BCUT2D eigenvalue weighted by Gasteiger charge is 2.59. The second-order valence-corrected chi connectivity index (χ2v) is 8.84. The van der Waals surface area contributed by atoms with Crippen LogP contribution in [-0.4, -0.2) is 54.1 Å². The molecule has 140 valence electrons. The van der Waals surface area contributed by atoms with Crippen molar-refractivity contribution in [3.63, 3.8) is 0 Å². The van der Waals surface area contributed by atoms with Crippen molar-refractivity contribution >= 4 is 5.91 Å². The van der Waals surface area contributed by atoms with Gasteiger partial charge in [0.1, 0.15) is 0 Å². The molecule has 4 fully saturated rings. The summed E-state index contributed by atoms with van der Waals surface area (Å²) in [7, 11) is 0. The van der Waals surface area contributed by atoms with Gasteiger partial charge >= 0.3 is 0 Å². The topological polar surface area (TPSA) is 32.8 Å². The van der Waals surface area contributed by atoms with Crippen LogP contribution in [0.4, 0.5) is 0 Å². The summed E-state index contributed by atoms with van der Waals surface area (Å²) >= 11 is 0. The maximum absolute atomic E-state index is 13.2. The summed E-state index contributed by atoms with van der Waals surface area (Å²) in [5.41, 5.74) is 1.47. The third kappa shape index (κ3) is 2.69. The lowest BCUT2D eigenvalue weighted by atomic mass is 9.75. The Labute approximate surface area is 156 Å². The van der Waals surface area contributed by atoms with Gasteiger partial charge in [-0.25, -0.2) is 0 Å². The van der Waals surface area contributed by atoms with Gasteiger partial charge in [0.25, 0.3) is 0 Å². The Bertz CT molecular complexity index is 651. The summed E-state index contributed by atoms with van der Waals surface area (Å²) in [6.07, 6.45) is 5.52. The van der Waals surface area contributed by atoms with Gasteiger partial charge in [-0.1, -0.05) is 36.8 Å². The zero-order valence-electron chi connectivity index (χ0n) is 15.6. The van der Waals surface area contributed by atoms with Gasteiger partial charge in [-0.3, -0.25) is 9.69 Å². The molecular formula is C22H30N2O2. The average molecular weight is 354 g/mol. The molecule has 3 saturated heterocycles. The molecular weight excluding hydrogens is 324 g/mol. The van der Waals surface area contributed by atoms with Crippen LogP contribution in [-0.2, 0) is 16.1 Å². The maximum atomic E-state index is 13.2. The van der Waals surface area contributed by atoms with Crippen LogP contribution in [0.5, 0.6) is 0 Å². The zero-order chi connectivity index (χ0) is 17.6. The normalized spacial score (nSPS) is 31.2. The number of rotatable bonds is 3. The van der Waals surface area contributed by atoms with Crippen molar-refractivity contribution in [1.29, 1.82) is 0 Å². The van der Waals surface area contributed by atoms with Crippen LogP contribution in [0, 0.1) is 17.8 Å². The fourth-order valence-corrected chi connectivity index (χ4v) is 5.89. The Kier molecular flexibility index (Phi) is 4.29. The maximum Gasteiger partial charge on any atom is 0.226 e. The molecule has 0 aromatic heterocycles. The third-order valence-corrected chi connectivity index (χ3v) is 7.49. The molecule has 26 heavy (non-hydrogen) atoms. The number of fused-ring (bicyclic) bond motifs is 2. The van der Waals surface area contributed by atoms with Gasteiger partial charge in [-0.15, -0.1) is 0 Å². The molecule has 4 nitrogen and oxygen atoms in total. The fourth-order valence-electron chi connectivity index (χ4n) is 5.89. The predicted octanol–water partition coefficient (Wildman–Crippen LogP) is 2.93. The molecule has 2 atom stereocenters. The highest BCUT2D eigenvalue weighted by Crippen LogP contribution is 2.50. The number of carbonyl (C=O) groups excluding carboxylic acids is 1. The standard InChI is InChI=1S/C22H30N2O2/c25-21(18-7-4-8-18)24-15-19-14-23(13-17-5-2-1-3-6-17)16-20(19)22(24)9-11-26-12-10-22/h1-3,5-6,18-20H,4,7-16H2. The lowest BCUT2D eigenvalue weighted by Gasteiger charge is -2.47. The van der Waals surface area contributed by atoms with Gasteiger partial charge in [-0.05, 0) is 37.2 Å². The largest absolute Gasteiger partial charge is 0.381 e. The van der Waals surface area contributed by atoms with Crippen molar-refractivity contribution in [3.05, 3.63) is 35.9 Å². The molecule has 3 heterocycles. The minimum absolute atomic E-state index is 0.0705. The lowest BCUT2D eigenvalue weighted by molar-refractivity contribution is -0.147. The van der Waals surface area contributed by atoms with E-state index >= 15 is 0 Å². The average Bonchev–Trinajstić information content (AvgIpc) is 3.13. The Morgan fingerprint density at radius 2 is 1.85 bits per heavy atom. The Morgan fingerprint density at radius 1 is 1.08 bits per heavy atom. The lowest BCUT2D eigenvalue weighted by Crippen LogP contribution is -2.57. The van der Waals surface area contributed by atoms with Crippen molar-refractivity contribution in [2.24, 2.45) is 17.8 Å². The number of ether oxygens (including phenoxy) is 1. The molecule has 0 bridgehead atoms. The number of nitrogens with zero attached hydrogens (tertiary/aromatic N) is 2. The van der Waals surface area contributed by atoms with Gasteiger partial charge in [-0.2, -0.15) is 0 Å². The van der Waals surface area contributed by atoms with E-state index in [9.17, 15) is 4.79 Å². The smallest absolute Gasteiger partial charge is 0.226 e. The van der Waals surface area contributed by atoms with Crippen LogP contribution in [0.2, 0.25) is 0 Å². The van der Waals surface area contributed by atoms with E-state index in [0.29, 0.717) is 23.7 Å². The highest BCUT2D eigenvalue weighted by atomic mass is 16.5. The number of benzene rings is 1. The van der Waals surface area contributed by atoms with E-state index in [4.69, 9.17) is 4.74 Å². The molecule has 2 unspecified atom stereocenters. The second-order valence-electron chi connectivity index (χ2n) is 8.84. The fraction of sp³-hybridized carbons (Fsp3) is 0.682. The number of likely N-dealkylation sites (tertiary alicyclic amines) is 2. The highest BCUT2D eigenvalue weighted by molar-refractivity contribution is 5.81. The molecule has 0 N–H and O–H groups in total. The van der Waals surface area contributed by atoms with Crippen LogP contribution in [0.3, 0.4) is 0 Å². The molecule has 1 aliphatic carbocycles. The predicted molar refractivity (Wildman–Crippen MR) is 101 cm³/mol. The van der Waals surface area contributed by atoms with E-state index in [-0.39, 0.29) is 5.54 Å². The number of carbonyl (C=O) groups is 1. The van der Waals surface area contributed by atoms with Crippen LogP contribution < -0.4 is 0 Å². The first-order valence-electron chi connectivity index (χ1n) is 10.4. The summed E-state index contributed by atoms with van der Waals surface area (Å²) < 4.78 is 5.70. The Balaban J connectivity index is 1.35. The van der Waals surface area contributed by atoms with E-state index < -0.39 is 0 Å². The van der Waals surface area contributed by atoms with E-state index in [0.717, 1.165) is 65.1 Å². The van der Waals surface area contributed by atoms with Crippen molar-refractivity contribution in [2.45, 2.75) is 44.2 Å². The van der Waals surface area contributed by atoms with E-state index in [2.05, 4.69) is 40.1 Å². The first-order chi connectivity index (χ1) is 12.8. The Morgan fingerprint density at radius 3 is 2.54 bits per heavy atom. The first-order valence-corrected chi connectivity index (χ1v) is 10.4. The van der Waals surface area contributed by atoms with E-state index in [1.807, 2.05) is 0 Å². The van der Waals surface area contributed by atoms with Gasteiger partial charge < -0.3 is 9.64 Å². The Hall–Kier alpha value is -1.39. The molecule has 5 rings (SSSR count). The molecule has 4 heteroatoms. The van der Waals surface area contributed by atoms with E-state index in [1.165, 1.54) is 12.0 Å². The zero-order valence-corrected chi connectivity index (χ0v) is 15.6. The van der Waals surface area contributed by atoms with Gasteiger partial charge in [0, 0.05) is 51.2 Å². The van der Waals surface area contributed by atoms with Crippen LogP contribution in [0.15, 0.2) is 30.3 Å². The van der Waals surface area contributed by atoms with Gasteiger partial charge in [0.15, 0.2) is 0 Å². The molecule has 1 aromatic rings. The number of hydrogen-bond donors (Lipinski definition) is 0. The minimum Gasteiger partial charge on any atom is -0.381 e. The summed E-state index contributed by atoms with van der Waals surface area (Å²) in [4.78, 5) is 18.1. The summed E-state index contributed by atoms with van der Waals surface area (Å²) in [6, 6.07) is 10.8. The summed E-state index contributed by atoms with van der Waals surface area (Å²) in [6.45, 7) is 5.92. The third-order valence-electron chi connectivity index (χ3n) is 7.49. The molecule has 0 radical (unpaired) electrons. The van der Waals surface area contributed by atoms with Crippen molar-refractivity contribution in [3.8, 4) is 0 Å². The second kappa shape index (κ2) is 6.65. The van der Waals surface area contributed by atoms with Crippen LogP contribution in [0.25, 0.3) is 0 Å². The molecule has 1 aromatic carbocycles. The van der Waals surface area contributed by atoms with Crippen molar-refractivity contribution in [2.75, 3.05) is 32.8 Å². The molecule has 3 aliphatic heterocycles. The summed E-state index contributed by atoms with van der Waals surface area (Å²) in [5.74, 6) is 2.04. The van der Waals surface area contributed by atoms with Crippen molar-refractivity contribution in [1.82, 2.24) is 9.80 Å². The monoisotopic (exact) mass is 354 g/mol. The van der Waals surface area contributed by atoms with Gasteiger partial charge in [0.05, 0.1) is 5.54 Å². The quantitative estimate of drug-likeness (QED) is 0.837. The summed E-state index contributed by atoms with van der Waals surface area (Å²) in [5, 5.41) is 0. The van der Waals surface area contributed by atoms with E-state index in [1.54, 1.807) is 0 Å². The van der Waals surface area contributed by atoms with Gasteiger partial charge in [0.2, 0.25) is 5.91 Å². The molecule has 1 spiro atoms. The molecule has 1 saturated carbocycles. The molecule has 4 aliphatic rings. The van der Waals surface area contributed by atoms with Crippen LogP contribution >= 0.6 is 0 Å². The number of hydrogen-bond acceptors (Lipinski definition) is 3. The SMILES string of the molecule is O=C(C1CCC1)N1CC2CN(Cc3ccccc3)CC2C12CCOCC2. The molecule has 1 amide bonds. The van der Waals surface area contributed by atoms with Crippen molar-refractivity contribution < 1.29 is 9.53 Å².